The lowest BCUT2D eigenvalue weighted by Gasteiger charge is -2.15. The molecule has 0 amide bonds. The van der Waals surface area contributed by atoms with Gasteiger partial charge in [0.25, 0.3) is 0 Å². The third-order valence-corrected chi connectivity index (χ3v) is 5.02. The van der Waals surface area contributed by atoms with Gasteiger partial charge in [-0.2, -0.15) is 5.10 Å². The average Bonchev–Trinajstić information content (AvgIpc) is 2.90. The summed E-state index contributed by atoms with van der Waals surface area (Å²) in [6, 6.07) is 12.9. The Morgan fingerprint density at radius 2 is 1.64 bits per heavy atom. The van der Waals surface area contributed by atoms with Gasteiger partial charge in [-0.1, -0.05) is 65.3 Å². The molecule has 2 heteroatoms. The van der Waals surface area contributed by atoms with E-state index in [0.29, 0.717) is 5.92 Å². The van der Waals surface area contributed by atoms with Crippen LogP contribution in [-0.2, 0) is 0 Å². The zero-order valence-corrected chi connectivity index (χ0v) is 15.7. The van der Waals surface area contributed by atoms with E-state index in [0.717, 1.165) is 11.3 Å². The standard InChI is InChI=1S/C23H26N2/c1-15-12-17(3)23(18(4)13-15)25-24-14-20-8-6-7-9-22(20)21-11-10-16(2)19(21)5/h6-14,21,25H,1-5H3. The first-order valence-corrected chi connectivity index (χ1v) is 8.79. The van der Waals surface area contributed by atoms with Gasteiger partial charge in [0, 0.05) is 5.92 Å². The highest BCUT2D eigenvalue weighted by Crippen LogP contribution is 2.34. The zero-order valence-electron chi connectivity index (χ0n) is 15.7. The van der Waals surface area contributed by atoms with E-state index in [1.165, 1.54) is 33.4 Å². The number of hydrazone groups is 1. The Labute approximate surface area is 151 Å². The van der Waals surface area contributed by atoms with Crippen LogP contribution >= 0.6 is 0 Å². The van der Waals surface area contributed by atoms with Crippen LogP contribution in [0.2, 0.25) is 0 Å². The Hall–Kier alpha value is -2.61. The lowest BCUT2D eigenvalue weighted by Crippen LogP contribution is -2.02. The van der Waals surface area contributed by atoms with Crippen LogP contribution in [0.1, 0.15) is 47.6 Å². The Morgan fingerprint density at radius 1 is 0.960 bits per heavy atom. The summed E-state index contributed by atoms with van der Waals surface area (Å²) >= 11 is 0. The van der Waals surface area contributed by atoms with Crippen molar-refractivity contribution in [2.75, 3.05) is 5.43 Å². The molecule has 128 valence electrons. The second-order valence-electron chi connectivity index (χ2n) is 6.98. The van der Waals surface area contributed by atoms with Gasteiger partial charge in [0.15, 0.2) is 0 Å². The number of nitrogens with zero attached hydrogens (tertiary/aromatic N) is 1. The highest BCUT2D eigenvalue weighted by atomic mass is 15.3. The van der Waals surface area contributed by atoms with Crippen molar-refractivity contribution in [2.45, 2.75) is 40.5 Å². The molecule has 0 heterocycles. The van der Waals surface area contributed by atoms with Crippen LogP contribution in [0.15, 0.2) is 64.8 Å². The summed E-state index contributed by atoms with van der Waals surface area (Å²) in [6.07, 6.45) is 6.42. The van der Waals surface area contributed by atoms with Crippen molar-refractivity contribution in [3.63, 3.8) is 0 Å². The van der Waals surface area contributed by atoms with Gasteiger partial charge in [-0.15, -0.1) is 0 Å². The maximum Gasteiger partial charge on any atom is 0.0620 e. The molecule has 25 heavy (non-hydrogen) atoms. The second kappa shape index (κ2) is 7.10. The minimum absolute atomic E-state index is 0.352. The molecule has 2 aromatic carbocycles. The summed E-state index contributed by atoms with van der Waals surface area (Å²) in [5.41, 5.74) is 13.3. The largest absolute Gasteiger partial charge is 0.278 e. The minimum Gasteiger partial charge on any atom is -0.278 e. The molecule has 1 N–H and O–H groups in total. The number of benzene rings is 2. The van der Waals surface area contributed by atoms with Crippen LogP contribution in [0.4, 0.5) is 5.69 Å². The molecule has 0 aliphatic heterocycles. The Morgan fingerprint density at radius 3 is 2.28 bits per heavy atom. The summed E-state index contributed by atoms with van der Waals surface area (Å²) in [5, 5.41) is 4.52. The van der Waals surface area contributed by atoms with Crippen LogP contribution in [0.5, 0.6) is 0 Å². The predicted octanol–water partition coefficient (Wildman–Crippen LogP) is 6.05. The zero-order chi connectivity index (χ0) is 18.0. The highest BCUT2D eigenvalue weighted by Gasteiger charge is 2.18. The number of rotatable bonds is 4. The first-order valence-electron chi connectivity index (χ1n) is 8.79. The summed E-state index contributed by atoms with van der Waals surface area (Å²) in [6.45, 7) is 10.7. The number of nitrogens with one attached hydrogen (secondary N) is 1. The lowest BCUT2D eigenvalue weighted by atomic mass is 9.90. The van der Waals surface area contributed by atoms with Crippen molar-refractivity contribution in [3.05, 3.63) is 87.5 Å². The molecule has 1 aliphatic rings. The van der Waals surface area contributed by atoms with Gasteiger partial charge in [-0.05, 0) is 56.9 Å². The maximum atomic E-state index is 4.52. The molecule has 3 rings (SSSR count). The van der Waals surface area contributed by atoms with Crippen molar-refractivity contribution >= 4 is 11.9 Å². The predicted molar refractivity (Wildman–Crippen MR) is 109 cm³/mol. The fraction of sp³-hybridized carbons (Fsp3) is 0.261. The molecule has 0 saturated carbocycles. The van der Waals surface area contributed by atoms with Crippen molar-refractivity contribution in [1.29, 1.82) is 0 Å². The third-order valence-electron chi connectivity index (χ3n) is 5.02. The molecule has 0 saturated heterocycles. The molecule has 1 aliphatic carbocycles. The molecule has 2 nitrogen and oxygen atoms in total. The quantitative estimate of drug-likeness (QED) is 0.536. The van der Waals surface area contributed by atoms with Gasteiger partial charge in [-0.3, -0.25) is 5.43 Å². The van der Waals surface area contributed by atoms with E-state index in [9.17, 15) is 0 Å². The molecule has 0 fully saturated rings. The van der Waals surface area contributed by atoms with E-state index in [1.54, 1.807) is 0 Å². The van der Waals surface area contributed by atoms with E-state index in [1.807, 2.05) is 6.21 Å². The SMILES string of the molecule is CC1=C(C)C(c2ccccc2C=NNc2c(C)cc(C)cc2C)C=C1. The second-order valence-corrected chi connectivity index (χ2v) is 6.98. The Kier molecular flexibility index (Phi) is 4.89. The van der Waals surface area contributed by atoms with Crippen molar-refractivity contribution < 1.29 is 0 Å². The summed E-state index contributed by atoms with van der Waals surface area (Å²) < 4.78 is 0. The number of anilines is 1. The van der Waals surface area contributed by atoms with Gasteiger partial charge >= 0.3 is 0 Å². The van der Waals surface area contributed by atoms with Gasteiger partial charge in [-0.25, -0.2) is 0 Å². The van der Waals surface area contributed by atoms with Crippen molar-refractivity contribution in [2.24, 2.45) is 5.10 Å². The highest BCUT2D eigenvalue weighted by molar-refractivity contribution is 5.83. The molecule has 1 atom stereocenters. The molecular formula is C23H26N2. The number of allylic oxidation sites excluding steroid dienone is 4. The van der Waals surface area contributed by atoms with Gasteiger partial charge in [0.2, 0.25) is 0 Å². The number of aryl methyl sites for hydroxylation is 3. The van der Waals surface area contributed by atoms with E-state index >= 15 is 0 Å². The van der Waals surface area contributed by atoms with Crippen LogP contribution in [0, 0.1) is 20.8 Å². The molecule has 0 radical (unpaired) electrons. The number of hydrogen-bond acceptors (Lipinski definition) is 2. The molecule has 0 spiro atoms. The fourth-order valence-corrected chi connectivity index (χ4v) is 3.53. The molecule has 1 unspecified atom stereocenters. The lowest BCUT2D eigenvalue weighted by molar-refractivity contribution is 0.999. The van der Waals surface area contributed by atoms with Crippen molar-refractivity contribution in [3.8, 4) is 0 Å². The summed E-state index contributed by atoms with van der Waals surface area (Å²) in [5.74, 6) is 0.352. The maximum absolute atomic E-state index is 4.52. The first kappa shape index (κ1) is 17.2. The minimum atomic E-state index is 0.352. The molecular weight excluding hydrogens is 304 g/mol. The number of hydrogen-bond donors (Lipinski definition) is 1. The normalized spacial score (nSPS) is 16.9. The topological polar surface area (TPSA) is 24.4 Å². The first-order chi connectivity index (χ1) is 12.0. The van der Waals surface area contributed by atoms with E-state index in [4.69, 9.17) is 0 Å². The average molecular weight is 330 g/mol. The van der Waals surface area contributed by atoms with Gasteiger partial charge in [0.1, 0.15) is 0 Å². The van der Waals surface area contributed by atoms with E-state index in [-0.39, 0.29) is 0 Å². The van der Waals surface area contributed by atoms with Gasteiger partial charge < -0.3 is 0 Å². The van der Waals surface area contributed by atoms with E-state index < -0.39 is 0 Å². The van der Waals surface area contributed by atoms with Crippen LogP contribution in [0.3, 0.4) is 0 Å². The van der Waals surface area contributed by atoms with Gasteiger partial charge in [0.05, 0.1) is 11.9 Å². The molecule has 0 bridgehead atoms. The molecule has 0 aromatic heterocycles. The smallest absolute Gasteiger partial charge is 0.0620 e. The monoisotopic (exact) mass is 330 g/mol. The molecule has 2 aromatic rings. The van der Waals surface area contributed by atoms with Crippen LogP contribution in [-0.4, -0.2) is 6.21 Å². The van der Waals surface area contributed by atoms with Crippen LogP contribution in [0.25, 0.3) is 0 Å². The van der Waals surface area contributed by atoms with E-state index in [2.05, 4.69) is 93.7 Å². The summed E-state index contributed by atoms with van der Waals surface area (Å²) in [4.78, 5) is 0. The third kappa shape index (κ3) is 3.58. The summed E-state index contributed by atoms with van der Waals surface area (Å²) in [7, 11) is 0. The Balaban J connectivity index is 1.85. The van der Waals surface area contributed by atoms with Crippen molar-refractivity contribution in [1.82, 2.24) is 0 Å². The van der Waals surface area contributed by atoms with Crippen LogP contribution < -0.4 is 5.43 Å². The Bertz CT molecular complexity index is 862. The fourth-order valence-electron chi connectivity index (χ4n) is 3.53.